The normalized spacial score (nSPS) is 15.4. The van der Waals surface area contributed by atoms with Crippen LogP contribution in [0.3, 0.4) is 0 Å². The molecule has 0 bridgehead atoms. The number of hydrogen-bond donors (Lipinski definition) is 2. The van der Waals surface area contributed by atoms with Crippen LogP contribution in [-0.2, 0) is 9.59 Å². The molecule has 2 N–H and O–H groups in total. The summed E-state index contributed by atoms with van der Waals surface area (Å²) in [5.74, 6) is -1.15. The van der Waals surface area contributed by atoms with Gasteiger partial charge >= 0.3 is 0 Å². The molecule has 33 heavy (non-hydrogen) atoms. The maximum Gasteiger partial charge on any atom is 0.257 e. The lowest BCUT2D eigenvalue weighted by Crippen LogP contribution is -2.28. The molecule has 1 atom stereocenters. The highest BCUT2D eigenvalue weighted by atomic mass is 16.2. The number of aryl methyl sites for hydroxylation is 3. The van der Waals surface area contributed by atoms with Crippen molar-refractivity contribution < 1.29 is 14.4 Å². The molecular weight excluding hydrogens is 414 g/mol. The zero-order valence-corrected chi connectivity index (χ0v) is 19.0. The van der Waals surface area contributed by atoms with Gasteiger partial charge in [-0.25, -0.2) is 0 Å². The van der Waals surface area contributed by atoms with Crippen molar-refractivity contribution in [3.63, 3.8) is 0 Å². The maximum atomic E-state index is 13.0. The third-order valence-corrected chi connectivity index (χ3v) is 6.12. The van der Waals surface area contributed by atoms with Crippen molar-refractivity contribution in [1.29, 1.82) is 0 Å². The molecule has 6 heteroatoms. The molecule has 0 aliphatic carbocycles. The van der Waals surface area contributed by atoms with Gasteiger partial charge in [-0.2, -0.15) is 0 Å². The summed E-state index contributed by atoms with van der Waals surface area (Å²) >= 11 is 0. The zero-order chi connectivity index (χ0) is 23.5. The van der Waals surface area contributed by atoms with E-state index >= 15 is 0 Å². The van der Waals surface area contributed by atoms with Crippen molar-refractivity contribution in [3.8, 4) is 0 Å². The molecular formula is C27H27N3O3. The summed E-state index contributed by atoms with van der Waals surface area (Å²) < 4.78 is 0. The fourth-order valence-electron chi connectivity index (χ4n) is 3.95. The molecule has 3 amide bonds. The number of carbonyl (C=O) groups excluding carboxylic acids is 3. The smallest absolute Gasteiger partial charge is 0.257 e. The molecule has 6 nitrogen and oxygen atoms in total. The van der Waals surface area contributed by atoms with Crippen LogP contribution in [0.15, 0.2) is 66.7 Å². The fraction of sp³-hybridized carbons (Fsp3) is 0.222. The molecule has 168 valence electrons. The van der Waals surface area contributed by atoms with Gasteiger partial charge in [0.1, 0.15) is 0 Å². The van der Waals surface area contributed by atoms with Crippen LogP contribution in [0.25, 0.3) is 0 Å². The average molecular weight is 442 g/mol. The van der Waals surface area contributed by atoms with Crippen LogP contribution < -0.4 is 15.5 Å². The lowest BCUT2D eigenvalue weighted by Gasteiger charge is -2.18. The quantitative estimate of drug-likeness (QED) is 0.594. The van der Waals surface area contributed by atoms with Gasteiger partial charge in [-0.15, -0.1) is 0 Å². The first-order valence-electron chi connectivity index (χ1n) is 11.0. The summed E-state index contributed by atoms with van der Waals surface area (Å²) in [4.78, 5) is 40.2. The highest BCUT2D eigenvalue weighted by Crippen LogP contribution is 2.28. The Bertz CT molecular complexity index is 1230. The van der Waals surface area contributed by atoms with E-state index in [0.29, 0.717) is 23.5 Å². The van der Waals surface area contributed by atoms with Gasteiger partial charge in [-0.05, 0) is 67.8 Å². The topological polar surface area (TPSA) is 78.5 Å². The van der Waals surface area contributed by atoms with Crippen LogP contribution in [0, 0.1) is 26.7 Å². The van der Waals surface area contributed by atoms with Crippen molar-refractivity contribution >= 4 is 34.8 Å². The Hall–Kier alpha value is -3.93. The Morgan fingerprint density at radius 2 is 1.52 bits per heavy atom. The number of hydrogen-bond acceptors (Lipinski definition) is 3. The Morgan fingerprint density at radius 3 is 2.24 bits per heavy atom. The molecule has 1 aliphatic rings. The molecule has 1 heterocycles. The second-order valence-electron chi connectivity index (χ2n) is 8.48. The van der Waals surface area contributed by atoms with E-state index in [1.807, 2.05) is 63.2 Å². The predicted octanol–water partition coefficient (Wildman–Crippen LogP) is 4.86. The summed E-state index contributed by atoms with van der Waals surface area (Å²) in [6.45, 7) is 6.25. The highest BCUT2D eigenvalue weighted by Gasteiger charge is 2.35. The van der Waals surface area contributed by atoms with E-state index in [9.17, 15) is 14.4 Å². The summed E-state index contributed by atoms with van der Waals surface area (Å²) in [7, 11) is 0. The van der Waals surface area contributed by atoms with Crippen molar-refractivity contribution in [1.82, 2.24) is 0 Å². The molecule has 3 aromatic rings. The Labute approximate surface area is 193 Å². The Balaban J connectivity index is 1.48. The summed E-state index contributed by atoms with van der Waals surface area (Å²) in [6.07, 6.45) is 0.135. The van der Waals surface area contributed by atoms with Gasteiger partial charge in [0.2, 0.25) is 11.8 Å². The third-order valence-electron chi connectivity index (χ3n) is 6.12. The van der Waals surface area contributed by atoms with Crippen molar-refractivity contribution in [2.75, 3.05) is 22.1 Å². The standard InChI is InChI=1S/C27H27N3O3/c1-17-12-13-21(14-19(17)3)30-16-20(15-25(30)31)26(32)29-24-11-7-5-9-22(24)27(33)28-23-10-6-4-8-18(23)2/h4-14,20H,15-16H2,1-3H3,(H,28,33)(H,29,32). The molecule has 0 spiro atoms. The fourth-order valence-corrected chi connectivity index (χ4v) is 3.95. The van der Waals surface area contributed by atoms with Crippen LogP contribution in [0.1, 0.15) is 33.5 Å². The van der Waals surface area contributed by atoms with Gasteiger partial charge in [0.05, 0.1) is 17.2 Å². The SMILES string of the molecule is Cc1ccc(N2CC(C(=O)Nc3ccccc3C(=O)Nc3ccccc3C)CC2=O)cc1C. The number of anilines is 3. The molecule has 1 saturated heterocycles. The second-order valence-corrected chi connectivity index (χ2v) is 8.48. The van der Waals surface area contributed by atoms with Crippen LogP contribution in [0.5, 0.6) is 0 Å². The van der Waals surface area contributed by atoms with Crippen molar-refractivity contribution in [2.24, 2.45) is 5.92 Å². The zero-order valence-electron chi connectivity index (χ0n) is 19.0. The number of nitrogens with zero attached hydrogens (tertiary/aromatic N) is 1. The van der Waals surface area contributed by atoms with E-state index in [2.05, 4.69) is 10.6 Å². The third kappa shape index (κ3) is 4.80. The van der Waals surface area contributed by atoms with E-state index in [1.165, 1.54) is 0 Å². The maximum absolute atomic E-state index is 13.0. The summed E-state index contributed by atoms with van der Waals surface area (Å²) in [5, 5.41) is 5.77. The summed E-state index contributed by atoms with van der Waals surface area (Å²) in [5.41, 5.74) is 5.51. The van der Waals surface area contributed by atoms with Gasteiger partial charge in [-0.1, -0.05) is 36.4 Å². The highest BCUT2D eigenvalue weighted by molar-refractivity contribution is 6.11. The van der Waals surface area contributed by atoms with Gasteiger partial charge in [0.15, 0.2) is 0 Å². The number of nitrogens with one attached hydrogen (secondary N) is 2. The molecule has 3 aromatic carbocycles. The number of amides is 3. The lowest BCUT2D eigenvalue weighted by atomic mass is 10.1. The molecule has 1 aliphatic heterocycles. The van der Waals surface area contributed by atoms with Crippen LogP contribution in [-0.4, -0.2) is 24.3 Å². The van der Waals surface area contributed by atoms with Crippen LogP contribution in [0.2, 0.25) is 0 Å². The molecule has 1 fully saturated rings. The predicted molar refractivity (Wildman–Crippen MR) is 131 cm³/mol. The molecule has 1 unspecified atom stereocenters. The monoisotopic (exact) mass is 441 g/mol. The van der Waals surface area contributed by atoms with E-state index < -0.39 is 5.92 Å². The minimum absolute atomic E-state index is 0.0796. The number of benzene rings is 3. The number of carbonyl (C=O) groups is 3. The van der Waals surface area contributed by atoms with Crippen molar-refractivity contribution in [2.45, 2.75) is 27.2 Å². The van der Waals surface area contributed by atoms with Gasteiger partial charge in [0, 0.05) is 24.3 Å². The van der Waals surface area contributed by atoms with E-state index in [-0.39, 0.29) is 24.1 Å². The summed E-state index contributed by atoms with van der Waals surface area (Å²) in [6, 6.07) is 20.3. The first-order chi connectivity index (χ1) is 15.8. The molecule has 0 saturated carbocycles. The first kappa shape index (κ1) is 22.3. The minimum atomic E-state index is -0.494. The van der Waals surface area contributed by atoms with Gasteiger partial charge in [-0.3, -0.25) is 14.4 Å². The number of para-hydroxylation sites is 2. The Kier molecular flexibility index (Phi) is 6.27. The molecule has 0 aromatic heterocycles. The van der Waals surface area contributed by atoms with Crippen LogP contribution >= 0.6 is 0 Å². The largest absolute Gasteiger partial charge is 0.325 e. The molecule has 4 rings (SSSR count). The van der Waals surface area contributed by atoms with Crippen LogP contribution in [0.4, 0.5) is 17.1 Å². The molecule has 0 radical (unpaired) electrons. The van der Waals surface area contributed by atoms with E-state index in [4.69, 9.17) is 0 Å². The van der Waals surface area contributed by atoms with E-state index in [1.54, 1.807) is 29.2 Å². The average Bonchev–Trinajstić information content (AvgIpc) is 3.19. The Morgan fingerprint density at radius 1 is 0.818 bits per heavy atom. The number of rotatable bonds is 5. The minimum Gasteiger partial charge on any atom is -0.325 e. The second kappa shape index (κ2) is 9.28. The first-order valence-corrected chi connectivity index (χ1v) is 11.0. The van der Waals surface area contributed by atoms with Crippen molar-refractivity contribution in [3.05, 3.63) is 89.0 Å². The van der Waals surface area contributed by atoms with E-state index in [0.717, 1.165) is 22.4 Å². The van der Waals surface area contributed by atoms with Gasteiger partial charge in [0.25, 0.3) is 5.91 Å². The van der Waals surface area contributed by atoms with Gasteiger partial charge < -0.3 is 15.5 Å². The lowest BCUT2D eigenvalue weighted by molar-refractivity contribution is -0.122.